The molecule has 3 nitrogen and oxygen atoms in total. The zero-order valence-electron chi connectivity index (χ0n) is 11.3. The van der Waals surface area contributed by atoms with Crippen LogP contribution in [0.25, 0.3) is 0 Å². The van der Waals surface area contributed by atoms with Gasteiger partial charge in [-0.3, -0.25) is 0 Å². The average Bonchev–Trinajstić information content (AvgIpc) is 2.90. The Morgan fingerprint density at radius 1 is 1.35 bits per heavy atom. The third kappa shape index (κ3) is 3.32. The second-order valence-electron chi connectivity index (χ2n) is 4.88. The highest BCUT2D eigenvalue weighted by molar-refractivity contribution is 7.10. The number of benzene rings is 1. The number of rotatable bonds is 5. The van der Waals surface area contributed by atoms with Crippen LogP contribution in [0.3, 0.4) is 0 Å². The Labute approximate surface area is 127 Å². The summed E-state index contributed by atoms with van der Waals surface area (Å²) >= 11 is 7.85. The molecular weight excluding hydrogens is 294 g/mol. The summed E-state index contributed by atoms with van der Waals surface area (Å²) in [6.07, 6.45) is 0. The molecule has 0 aliphatic heterocycles. The van der Waals surface area contributed by atoms with E-state index in [-0.39, 0.29) is 11.6 Å². The van der Waals surface area contributed by atoms with Crippen molar-refractivity contribution < 1.29 is 9.90 Å². The number of halogens is 1. The molecule has 0 saturated heterocycles. The van der Waals surface area contributed by atoms with E-state index in [1.807, 2.05) is 11.4 Å². The molecule has 0 bridgehead atoms. The molecule has 0 spiro atoms. The van der Waals surface area contributed by atoms with Crippen molar-refractivity contribution >= 4 is 34.6 Å². The number of nitrogens with one attached hydrogen (secondary N) is 1. The molecule has 2 rings (SSSR count). The highest BCUT2D eigenvalue weighted by Crippen LogP contribution is 2.33. The van der Waals surface area contributed by atoms with Crippen molar-refractivity contribution in [1.82, 2.24) is 0 Å². The molecule has 20 heavy (non-hydrogen) atoms. The normalized spacial score (nSPS) is 12.4. The summed E-state index contributed by atoms with van der Waals surface area (Å²) in [7, 11) is 0. The number of anilines is 1. The van der Waals surface area contributed by atoms with Crippen LogP contribution >= 0.6 is 22.9 Å². The zero-order chi connectivity index (χ0) is 14.7. The van der Waals surface area contributed by atoms with E-state index in [1.165, 1.54) is 10.9 Å². The smallest absolute Gasteiger partial charge is 0.335 e. The van der Waals surface area contributed by atoms with Crippen molar-refractivity contribution in [2.24, 2.45) is 5.92 Å². The minimum Gasteiger partial charge on any atom is -0.478 e. The molecule has 0 saturated carbocycles. The standard InChI is InChI=1S/C15H16ClNO2S/c1-9(2)14(13-4-3-7-20-13)17-12-6-5-10(15(18)19)8-11(12)16/h3-9,14,17H,1-2H3,(H,18,19). The summed E-state index contributed by atoms with van der Waals surface area (Å²) < 4.78 is 0. The summed E-state index contributed by atoms with van der Waals surface area (Å²) in [5.74, 6) is -0.582. The molecule has 1 heterocycles. The van der Waals surface area contributed by atoms with Gasteiger partial charge in [-0.15, -0.1) is 11.3 Å². The van der Waals surface area contributed by atoms with Crippen LogP contribution in [0.4, 0.5) is 5.69 Å². The molecule has 0 aliphatic rings. The molecule has 106 valence electrons. The van der Waals surface area contributed by atoms with Gasteiger partial charge in [0.15, 0.2) is 0 Å². The second kappa shape index (κ2) is 6.29. The van der Waals surface area contributed by atoms with Crippen LogP contribution in [0.5, 0.6) is 0 Å². The Morgan fingerprint density at radius 2 is 2.10 bits per heavy atom. The van der Waals surface area contributed by atoms with Gasteiger partial charge in [-0.1, -0.05) is 31.5 Å². The fourth-order valence-electron chi connectivity index (χ4n) is 1.97. The Kier molecular flexibility index (Phi) is 4.68. The molecule has 1 unspecified atom stereocenters. The first-order chi connectivity index (χ1) is 9.49. The first-order valence-corrected chi connectivity index (χ1v) is 7.57. The summed E-state index contributed by atoms with van der Waals surface area (Å²) in [6, 6.07) is 9.01. The van der Waals surface area contributed by atoms with E-state index in [1.54, 1.807) is 23.5 Å². The minimum absolute atomic E-state index is 0.156. The van der Waals surface area contributed by atoms with Gasteiger partial charge >= 0.3 is 5.97 Å². The minimum atomic E-state index is -0.975. The van der Waals surface area contributed by atoms with Gasteiger partial charge in [0, 0.05) is 4.88 Å². The van der Waals surface area contributed by atoms with E-state index in [2.05, 4.69) is 25.2 Å². The topological polar surface area (TPSA) is 49.3 Å². The molecule has 0 aliphatic carbocycles. The van der Waals surface area contributed by atoms with E-state index in [0.717, 1.165) is 5.69 Å². The van der Waals surface area contributed by atoms with Crippen LogP contribution < -0.4 is 5.32 Å². The Bertz CT molecular complexity index is 596. The SMILES string of the molecule is CC(C)C(Nc1ccc(C(=O)O)cc1Cl)c1cccs1. The Hall–Kier alpha value is -1.52. The zero-order valence-corrected chi connectivity index (χ0v) is 12.8. The lowest BCUT2D eigenvalue weighted by atomic mass is 10.0. The first-order valence-electron chi connectivity index (χ1n) is 6.32. The highest BCUT2D eigenvalue weighted by Gasteiger charge is 2.18. The molecule has 2 aromatic rings. The van der Waals surface area contributed by atoms with E-state index < -0.39 is 5.97 Å². The lowest BCUT2D eigenvalue weighted by Gasteiger charge is -2.23. The van der Waals surface area contributed by atoms with Gasteiger partial charge in [-0.25, -0.2) is 4.79 Å². The summed E-state index contributed by atoms with van der Waals surface area (Å²) in [4.78, 5) is 12.1. The maximum atomic E-state index is 10.9. The van der Waals surface area contributed by atoms with Crippen LogP contribution in [0, 0.1) is 5.92 Å². The van der Waals surface area contributed by atoms with Crippen LogP contribution in [0.1, 0.15) is 35.1 Å². The highest BCUT2D eigenvalue weighted by atomic mass is 35.5. The Morgan fingerprint density at radius 3 is 2.60 bits per heavy atom. The number of aromatic carboxylic acids is 1. The van der Waals surface area contributed by atoms with Crippen LogP contribution in [0.15, 0.2) is 35.7 Å². The average molecular weight is 310 g/mol. The molecule has 1 atom stereocenters. The lowest BCUT2D eigenvalue weighted by molar-refractivity contribution is 0.0697. The summed E-state index contributed by atoms with van der Waals surface area (Å²) in [5, 5.41) is 14.8. The van der Waals surface area contributed by atoms with Crippen molar-refractivity contribution in [3.63, 3.8) is 0 Å². The predicted octanol–water partition coefficient (Wildman–Crippen LogP) is 4.91. The van der Waals surface area contributed by atoms with Gasteiger partial charge in [0.1, 0.15) is 0 Å². The van der Waals surface area contributed by atoms with E-state index >= 15 is 0 Å². The number of carboxylic acid groups (broad SMARTS) is 1. The fraction of sp³-hybridized carbons (Fsp3) is 0.267. The number of hydrogen-bond acceptors (Lipinski definition) is 3. The van der Waals surface area contributed by atoms with E-state index in [4.69, 9.17) is 16.7 Å². The van der Waals surface area contributed by atoms with Crippen molar-refractivity contribution in [1.29, 1.82) is 0 Å². The Balaban J connectivity index is 2.25. The molecule has 1 aromatic carbocycles. The molecule has 0 radical (unpaired) electrons. The maximum Gasteiger partial charge on any atom is 0.335 e. The van der Waals surface area contributed by atoms with Gasteiger partial charge in [0.05, 0.1) is 22.3 Å². The molecule has 0 amide bonds. The molecule has 1 aromatic heterocycles. The van der Waals surface area contributed by atoms with Crippen LogP contribution in [0.2, 0.25) is 5.02 Å². The van der Waals surface area contributed by atoms with E-state index in [9.17, 15) is 4.79 Å². The maximum absolute atomic E-state index is 10.9. The van der Waals surface area contributed by atoms with Crippen molar-refractivity contribution in [3.05, 3.63) is 51.2 Å². The van der Waals surface area contributed by atoms with Gasteiger partial charge in [0.2, 0.25) is 0 Å². The van der Waals surface area contributed by atoms with Gasteiger partial charge in [-0.2, -0.15) is 0 Å². The number of carboxylic acids is 1. The fourth-order valence-corrected chi connectivity index (χ4v) is 3.15. The molecular formula is C15H16ClNO2S. The van der Waals surface area contributed by atoms with Gasteiger partial charge < -0.3 is 10.4 Å². The number of hydrogen-bond donors (Lipinski definition) is 2. The van der Waals surface area contributed by atoms with Gasteiger partial charge in [0.25, 0.3) is 0 Å². The third-order valence-electron chi connectivity index (χ3n) is 3.04. The summed E-state index contributed by atoms with van der Waals surface area (Å²) in [6.45, 7) is 4.27. The predicted molar refractivity (Wildman–Crippen MR) is 83.9 cm³/mol. The molecule has 2 N–H and O–H groups in total. The number of thiophene rings is 1. The summed E-state index contributed by atoms with van der Waals surface area (Å²) in [5.41, 5.74) is 0.946. The van der Waals surface area contributed by atoms with Crippen molar-refractivity contribution in [2.45, 2.75) is 19.9 Å². The lowest BCUT2D eigenvalue weighted by Crippen LogP contribution is -2.16. The quantitative estimate of drug-likeness (QED) is 0.825. The third-order valence-corrected chi connectivity index (χ3v) is 4.31. The van der Waals surface area contributed by atoms with Crippen molar-refractivity contribution in [2.75, 3.05) is 5.32 Å². The second-order valence-corrected chi connectivity index (χ2v) is 6.27. The van der Waals surface area contributed by atoms with Crippen molar-refractivity contribution in [3.8, 4) is 0 Å². The molecule has 5 heteroatoms. The first kappa shape index (κ1) is 14.9. The van der Waals surface area contributed by atoms with Crippen LogP contribution in [-0.2, 0) is 0 Å². The van der Waals surface area contributed by atoms with E-state index in [0.29, 0.717) is 10.9 Å². The number of carbonyl (C=O) groups is 1. The molecule has 0 fully saturated rings. The van der Waals surface area contributed by atoms with Gasteiger partial charge in [-0.05, 0) is 35.6 Å². The largest absolute Gasteiger partial charge is 0.478 e. The van der Waals surface area contributed by atoms with Crippen LogP contribution in [-0.4, -0.2) is 11.1 Å². The monoisotopic (exact) mass is 309 g/mol.